The highest BCUT2D eigenvalue weighted by atomic mass is 19.1. The topological polar surface area (TPSA) is 39.9 Å². The molecule has 2 atom stereocenters. The van der Waals surface area contributed by atoms with E-state index in [2.05, 4.69) is 20.6 Å². The monoisotopic (exact) mass is 309 g/mol. The van der Waals surface area contributed by atoms with Crippen LogP contribution in [-0.4, -0.2) is 20.6 Å². The van der Waals surface area contributed by atoms with Gasteiger partial charge < -0.3 is 9.30 Å². The normalized spacial score (nSPS) is 20.3. The third-order valence-electron chi connectivity index (χ3n) is 4.19. The lowest BCUT2D eigenvalue weighted by atomic mass is 10.2. The number of allylic oxidation sites excluding steroid dienone is 1. The number of hydrogen-bond donors (Lipinski definition) is 0. The lowest BCUT2D eigenvalue weighted by Crippen LogP contribution is -2.14. The number of fused-ring (bicyclic) bond motifs is 1. The van der Waals surface area contributed by atoms with Gasteiger partial charge in [0.15, 0.2) is 0 Å². The van der Waals surface area contributed by atoms with E-state index in [0.29, 0.717) is 5.75 Å². The first-order chi connectivity index (χ1) is 11.2. The summed E-state index contributed by atoms with van der Waals surface area (Å²) in [5, 5.41) is 1.07. The Bertz CT molecular complexity index is 870. The molecule has 0 fully saturated rings. The molecule has 0 spiro atoms. The van der Waals surface area contributed by atoms with Gasteiger partial charge in [-0.3, -0.25) is 0 Å². The zero-order valence-electron chi connectivity index (χ0n) is 12.7. The Morgan fingerprint density at radius 1 is 1.13 bits per heavy atom. The van der Waals surface area contributed by atoms with Crippen LogP contribution in [0.1, 0.15) is 18.2 Å². The predicted molar refractivity (Wildman–Crippen MR) is 85.9 cm³/mol. The number of halogens is 1. The molecule has 5 heteroatoms. The molecule has 3 aromatic rings. The summed E-state index contributed by atoms with van der Waals surface area (Å²) in [6, 6.07) is 8.37. The number of rotatable bonds is 3. The predicted octanol–water partition coefficient (Wildman–Crippen LogP) is 3.83. The van der Waals surface area contributed by atoms with E-state index < -0.39 is 0 Å². The third kappa shape index (κ3) is 2.59. The van der Waals surface area contributed by atoms with Crippen molar-refractivity contribution in [1.29, 1.82) is 0 Å². The molecular formula is C18H16FN3O. The summed E-state index contributed by atoms with van der Waals surface area (Å²) in [6.45, 7) is 1.99. The van der Waals surface area contributed by atoms with Crippen molar-refractivity contribution in [2.75, 3.05) is 0 Å². The summed E-state index contributed by atoms with van der Waals surface area (Å²) in [5.41, 5.74) is 1.92. The van der Waals surface area contributed by atoms with Crippen molar-refractivity contribution < 1.29 is 9.13 Å². The molecule has 1 aromatic carbocycles. The van der Waals surface area contributed by atoms with Crippen LogP contribution < -0.4 is 4.74 Å². The van der Waals surface area contributed by atoms with Gasteiger partial charge in [-0.1, -0.05) is 6.08 Å². The van der Waals surface area contributed by atoms with Crippen LogP contribution in [0.5, 0.6) is 5.75 Å². The average Bonchev–Trinajstić information content (AvgIpc) is 3.17. The molecular weight excluding hydrogens is 293 g/mol. The molecule has 0 amide bonds. The van der Waals surface area contributed by atoms with Crippen molar-refractivity contribution in [3.8, 4) is 5.75 Å². The number of aryl methyl sites for hydroxylation is 1. The lowest BCUT2D eigenvalue weighted by Gasteiger charge is -2.16. The first-order valence-corrected chi connectivity index (χ1v) is 7.59. The number of nitrogens with zero attached hydrogens (tertiary/aromatic N) is 3. The van der Waals surface area contributed by atoms with Crippen molar-refractivity contribution in [2.24, 2.45) is 0 Å². The zero-order valence-corrected chi connectivity index (χ0v) is 12.7. The van der Waals surface area contributed by atoms with Crippen LogP contribution in [-0.2, 0) is 0 Å². The van der Waals surface area contributed by atoms with Crippen LogP contribution in [0.15, 0.2) is 55.0 Å². The maximum absolute atomic E-state index is 12.9. The van der Waals surface area contributed by atoms with Crippen LogP contribution in [0.3, 0.4) is 0 Å². The Kier molecular flexibility index (Phi) is 3.33. The molecule has 116 valence electrons. The molecule has 0 bridgehead atoms. The van der Waals surface area contributed by atoms with Gasteiger partial charge in [-0.2, -0.15) is 0 Å². The maximum atomic E-state index is 12.9. The molecule has 0 saturated heterocycles. The highest BCUT2D eigenvalue weighted by Gasteiger charge is 2.23. The maximum Gasteiger partial charge on any atom is 0.144 e. The smallest absolute Gasteiger partial charge is 0.144 e. The van der Waals surface area contributed by atoms with E-state index in [1.165, 1.54) is 12.1 Å². The second-order valence-electron chi connectivity index (χ2n) is 5.72. The summed E-state index contributed by atoms with van der Waals surface area (Å²) in [5.74, 6) is 0.420. The van der Waals surface area contributed by atoms with Crippen molar-refractivity contribution in [1.82, 2.24) is 14.5 Å². The first-order valence-electron chi connectivity index (χ1n) is 7.59. The summed E-state index contributed by atoms with van der Waals surface area (Å²) in [4.78, 5) is 8.63. The van der Waals surface area contributed by atoms with Gasteiger partial charge in [-0.15, -0.1) is 0 Å². The zero-order chi connectivity index (χ0) is 15.8. The van der Waals surface area contributed by atoms with E-state index in [-0.39, 0.29) is 18.0 Å². The highest BCUT2D eigenvalue weighted by Crippen LogP contribution is 2.30. The third-order valence-corrected chi connectivity index (χ3v) is 4.19. The Labute approximate surface area is 133 Å². The van der Waals surface area contributed by atoms with Gasteiger partial charge in [0.2, 0.25) is 0 Å². The van der Waals surface area contributed by atoms with Crippen molar-refractivity contribution >= 4 is 11.0 Å². The van der Waals surface area contributed by atoms with Crippen molar-refractivity contribution in [3.63, 3.8) is 0 Å². The molecule has 0 unspecified atom stereocenters. The Balaban J connectivity index is 1.53. The molecule has 0 N–H and O–H groups in total. The van der Waals surface area contributed by atoms with E-state index in [4.69, 9.17) is 4.74 Å². The van der Waals surface area contributed by atoms with Gasteiger partial charge in [-0.05, 0) is 43.3 Å². The SMILES string of the molecule is Cc1ncnc2c1ccn2[C@H]1C=C[C@@H](Oc2ccc(F)cc2)C1. The lowest BCUT2D eigenvalue weighted by molar-refractivity contribution is 0.236. The first kappa shape index (κ1) is 13.9. The van der Waals surface area contributed by atoms with E-state index in [1.807, 2.05) is 25.3 Å². The van der Waals surface area contributed by atoms with Crippen LogP contribution in [0.2, 0.25) is 0 Å². The molecule has 0 aliphatic heterocycles. The minimum absolute atomic E-state index is 0.0224. The molecule has 0 saturated carbocycles. The van der Waals surface area contributed by atoms with Crippen LogP contribution >= 0.6 is 0 Å². The van der Waals surface area contributed by atoms with Gasteiger partial charge in [0.25, 0.3) is 0 Å². The van der Waals surface area contributed by atoms with Gasteiger partial charge in [0.05, 0.1) is 11.7 Å². The van der Waals surface area contributed by atoms with Gasteiger partial charge in [0.1, 0.15) is 29.6 Å². The van der Waals surface area contributed by atoms with Crippen LogP contribution in [0.25, 0.3) is 11.0 Å². The molecule has 23 heavy (non-hydrogen) atoms. The quantitative estimate of drug-likeness (QED) is 0.690. The number of aromatic nitrogens is 3. The summed E-state index contributed by atoms with van der Waals surface area (Å²) in [6.07, 6.45) is 8.62. The van der Waals surface area contributed by atoms with Crippen LogP contribution in [0, 0.1) is 12.7 Å². The van der Waals surface area contributed by atoms with Gasteiger partial charge in [0, 0.05) is 18.0 Å². The van der Waals surface area contributed by atoms with E-state index >= 15 is 0 Å². The molecule has 4 rings (SSSR count). The van der Waals surface area contributed by atoms with Crippen molar-refractivity contribution in [3.05, 3.63) is 66.5 Å². The minimum atomic E-state index is -0.258. The summed E-state index contributed by atoms with van der Waals surface area (Å²) in [7, 11) is 0. The van der Waals surface area contributed by atoms with Gasteiger partial charge >= 0.3 is 0 Å². The number of benzene rings is 1. The summed E-state index contributed by atoms with van der Waals surface area (Å²) >= 11 is 0. The Hall–Kier alpha value is -2.69. The van der Waals surface area contributed by atoms with Gasteiger partial charge in [-0.25, -0.2) is 14.4 Å². The average molecular weight is 309 g/mol. The fourth-order valence-corrected chi connectivity index (χ4v) is 2.99. The molecule has 1 aliphatic carbocycles. The Morgan fingerprint density at radius 3 is 2.78 bits per heavy atom. The molecule has 0 radical (unpaired) electrons. The molecule has 2 heterocycles. The fourth-order valence-electron chi connectivity index (χ4n) is 2.99. The van der Waals surface area contributed by atoms with E-state index in [0.717, 1.165) is 23.1 Å². The highest BCUT2D eigenvalue weighted by molar-refractivity contribution is 5.78. The Morgan fingerprint density at radius 2 is 1.96 bits per heavy atom. The van der Waals surface area contributed by atoms with E-state index in [1.54, 1.807) is 18.5 Å². The minimum Gasteiger partial charge on any atom is -0.486 e. The molecule has 2 aromatic heterocycles. The van der Waals surface area contributed by atoms with Crippen LogP contribution in [0.4, 0.5) is 4.39 Å². The standard InChI is InChI=1S/C18H16FN3O/c1-12-17-8-9-22(18(17)21-11-20-12)14-4-7-16(10-14)23-15-5-2-13(19)3-6-15/h2-9,11,14,16H,10H2,1H3/t14-,16+/m0/s1. The molecule has 4 nitrogen and oxygen atoms in total. The van der Waals surface area contributed by atoms with Crippen molar-refractivity contribution in [2.45, 2.75) is 25.5 Å². The number of hydrogen-bond acceptors (Lipinski definition) is 3. The molecule has 1 aliphatic rings. The number of ether oxygens (including phenoxy) is 1. The van der Waals surface area contributed by atoms with E-state index in [9.17, 15) is 4.39 Å². The largest absolute Gasteiger partial charge is 0.486 e. The fraction of sp³-hybridized carbons (Fsp3) is 0.222. The second kappa shape index (κ2) is 5.50. The summed E-state index contributed by atoms with van der Waals surface area (Å²) < 4.78 is 21.0. The second-order valence-corrected chi connectivity index (χ2v) is 5.72.